The summed E-state index contributed by atoms with van der Waals surface area (Å²) >= 11 is 0. The van der Waals surface area contributed by atoms with Gasteiger partial charge in [-0.15, -0.1) is 6.58 Å². The fourth-order valence-electron chi connectivity index (χ4n) is 1.75. The number of hydrogen-bond acceptors (Lipinski definition) is 4. The number of esters is 1. The highest BCUT2D eigenvalue weighted by Gasteiger charge is 2.11. The van der Waals surface area contributed by atoms with Gasteiger partial charge in [-0.1, -0.05) is 18.2 Å². The number of ether oxygens (including phenoxy) is 1. The molecule has 0 heterocycles. The molecule has 0 saturated carbocycles. The highest BCUT2D eigenvalue weighted by atomic mass is 16.5. The van der Waals surface area contributed by atoms with E-state index in [-0.39, 0.29) is 12.5 Å². The molecule has 4 heteroatoms. The minimum absolute atomic E-state index is 0.219. The molecule has 0 aliphatic rings. The van der Waals surface area contributed by atoms with E-state index in [1.165, 1.54) is 0 Å². The van der Waals surface area contributed by atoms with Crippen LogP contribution in [0.2, 0.25) is 0 Å². The first-order chi connectivity index (χ1) is 9.19. The molecular weight excluding hydrogens is 240 g/mol. The highest BCUT2D eigenvalue weighted by Crippen LogP contribution is 2.08. The van der Waals surface area contributed by atoms with Crippen molar-refractivity contribution >= 4 is 5.97 Å². The lowest BCUT2D eigenvalue weighted by Crippen LogP contribution is -2.30. The van der Waals surface area contributed by atoms with Crippen LogP contribution >= 0.6 is 0 Å². The van der Waals surface area contributed by atoms with E-state index in [2.05, 4.69) is 12.6 Å². The average Bonchev–Trinajstić information content (AvgIpc) is 2.39. The monoisotopic (exact) mass is 258 g/mol. The summed E-state index contributed by atoms with van der Waals surface area (Å²) in [5.74, 6) is -0.249. The van der Waals surface area contributed by atoms with Gasteiger partial charge in [0.25, 0.3) is 0 Å². The molecular formula is C15H18N2O2. The zero-order valence-electron chi connectivity index (χ0n) is 11.1. The van der Waals surface area contributed by atoms with Crippen LogP contribution in [0.4, 0.5) is 0 Å². The van der Waals surface area contributed by atoms with Crippen molar-refractivity contribution in [1.82, 2.24) is 4.90 Å². The topological polar surface area (TPSA) is 53.3 Å². The molecule has 0 aromatic heterocycles. The summed E-state index contributed by atoms with van der Waals surface area (Å²) in [4.78, 5) is 13.4. The summed E-state index contributed by atoms with van der Waals surface area (Å²) in [6.07, 6.45) is 1.74. The average molecular weight is 258 g/mol. The third kappa shape index (κ3) is 5.36. The van der Waals surface area contributed by atoms with Gasteiger partial charge in [0.05, 0.1) is 24.8 Å². The maximum absolute atomic E-state index is 11.5. The summed E-state index contributed by atoms with van der Waals surface area (Å²) in [6.45, 7) is 7.24. The first-order valence-corrected chi connectivity index (χ1v) is 6.17. The van der Waals surface area contributed by atoms with Gasteiger partial charge >= 0.3 is 5.97 Å². The zero-order valence-corrected chi connectivity index (χ0v) is 11.1. The smallest absolute Gasteiger partial charge is 0.320 e. The second-order valence-electron chi connectivity index (χ2n) is 4.08. The molecule has 0 amide bonds. The van der Waals surface area contributed by atoms with Crippen molar-refractivity contribution in [2.45, 2.75) is 13.5 Å². The van der Waals surface area contributed by atoms with Crippen LogP contribution in [-0.4, -0.2) is 30.6 Å². The lowest BCUT2D eigenvalue weighted by Gasteiger charge is -2.19. The molecule has 0 atom stereocenters. The van der Waals surface area contributed by atoms with Crippen molar-refractivity contribution in [1.29, 1.82) is 5.26 Å². The van der Waals surface area contributed by atoms with E-state index in [1.54, 1.807) is 19.1 Å². The van der Waals surface area contributed by atoms with Crippen molar-refractivity contribution in [3.8, 4) is 6.07 Å². The molecule has 0 bridgehead atoms. The Hall–Kier alpha value is -2.12. The molecule has 0 aliphatic heterocycles. The van der Waals surface area contributed by atoms with Crippen molar-refractivity contribution in [3.63, 3.8) is 0 Å². The van der Waals surface area contributed by atoms with E-state index >= 15 is 0 Å². The zero-order chi connectivity index (χ0) is 14.1. The van der Waals surface area contributed by atoms with Crippen molar-refractivity contribution < 1.29 is 9.53 Å². The van der Waals surface area contributed by atoms with Crippen LogP contribution in [0.3, 0.4) is 0 Å². The van der Waals surface area contributed by atoms with Crippen LogP contribution in [0, 0.1) is 11.3 Å². The Morgan fingerprint density at radius 1 is 1.58 bits per heavy atom. The Bertz CT molecular complexity index is 477. The molecule has 1 rings (SSSR count). The Balaban J connectivity index is 2.69. The number of rotatable bonds is 7. The van der Waals surface area contributed by atoms with Gasteiger partial charge in [-0.2, -0.15) is 5.26 Å². The molecule has 0 saturated heterocycles. The Morgan fingerprint density at radius 3 is 3.00 bits per heavy atom. The molecule has 4 nitrogen and oxygen atoms in total. The van der Waals surface area contributed by atoms with Crippen LogP contribution in [0.1, 0.15) is 18.1 Å². The van der Waals surface area contributed by atoms with Gasteiger partial charge in [0.1, 0.15) is 0 Å². The molecule has 0 radical (unpaired) electrons. The standard InChI is InChI=1S/C15H18N2O2/c1-3-8-17(12-15(18)19-4-2)11-14-7-5-6-13(9-14)10-16/h3,5-7,9H,1,4,8,11-12H2,2H3. The number of nitrogens with zero attached hydrogens (tertiary/aromatic N) is 2. The lowest BCUT2D eigenvalue weighted by molar-refractivity contribution is -0.144. The number of carbonyl (C=O) groups excluding carboxylic acids is 1. The van der Waals surface area contributed by atoms with Crippen LogP contribution < -0.4 is 0 Å². The molecule has 1 aromatic carbocycles. The maximum atomic E-state index is 11.5. The first-order valence-electron chi connectivity index (χ1n) is 6.17. The second-order valence-corrected chi connectivity index (χ2v) is 4.08. The van der Waals surface area contributed by atoms with E-state index < -0.39 is 0 Å². The number of carbonyl (C=O) groups is 1. The fourth-order valence-corrected chi connectivity index (χ4v) is 1.75. The summed E-state index contributed by atoms with van der Waals surface area (Å²) in [5.41, 5.74) is 1.61. The molecule has 0 fully saturated rings. The van der Waals surface area contributed by atoms with Gasteiger partial charge in [-0.25, -0.2) is 0 Å². The molecule has 100 valence electrons. The predicted molar refractivity (Wildman–Crippen MR) is 73.3 cm³/mol. The molecule has 0 N–H and O–H groups in total. The molecule has 19 heavy (non-hydrogen) atoms. The second kappa shape index (κ2) is 8.06. The Labute approximate surface area is 113 Å². The van der Waals surface area contributed by atoms with E-state index in [9.17, 15) is 4.79 Å². The van der Waals surface area contributed by atoms with Gasteiger partial charge in [0, 0.05) is 13.1 Å². The molecule has 0 unspecified atom stereocenters. The minimum Gasteiger partial charge on any atom is -0.465 e. The van der Waals surface area contributed by atoms with Crippen molar-refractivity contribution in [3.05, 3.63) is 48.0 Å². The molecule has 0 aliphatic carbocycles. The van der Waals surface area contributed by atoms with Gasteiger partial charge in [-0.3, -0.25) is 9.69 Å². The van der Waals surface area contributed by atoms with Gasteiger partial charge in [-0.05, 0) is 24.6 Å². The summed E-state index contributed by atoms with van der Waals surface area (Å²) in [7, 11) is 0. The fraction of sp³-hybridized carbons (Fsp3) is 0.333. The molecule has 1 aromatic rings. The van der Waals surface area contributed by atoms with Crippen molar-refractivity contribution in [2.24, 2.45) is 0 Å². The van der Waals surface area contributed by atoms with Gasteiger partial charge in [0.2, 0.25) is 0 Å². The summed E-state index contributed by atoms with van der Waals surface area (Å²) in [6, 6.07) is 9.45. The number of hydrogen-bond donors (Lipinski definition) is 0. The molecule has 0 spiro atoms. The minimum atomic E-state index is -0.249. The number of nitriles is 1. The largest absolute Gasteiger partial charge is 0.465 e. The Morgan fingerprint density at radius 2 is 2.37 bits per heavy atom. The van der Waals surface area contributed by atoms with E-state index in [4.69, 9.17) is 10.00 Å². The van der Waals surface area contributed by atoms with Crippen LogP contribution in [0.15, 0.2) is 36.9 Å². The van der Waals surface area contributed by atoms with Gasteiger partial charge < -0.3 is 4.74 Å². The predicted octanol–water partition coefficient (Wildman–Crippen LogP) is 2.11. The van der Waals surface area contributed by atoms with Crippen LogP contribution in [0.25, 0.3) is 0 Å². The van der Waals surface area contributed by atoms with Crippen LogP contribution in [0.5, 0.6) is 0 Å². The van der Waals surface area contributed by atoms with Gasteiger partial charge in [0.15, 0.2) is 0 Å². The summed E-state index contributed by atoms with van der Waals surface area (Å²) in [5, 5.41) is 8.86. The lowest BCUT2D eigenvalue weighted by atomic mass is 10.1. The SMILES string of the molecule is C=CCN(CC(=O)OCC)Cc1cccc(C#N)c1. The van der Waals surface area contributed by atoms with E-state index in [1.807, 2.05) is 23.1 Å². The first kappa shape index (κ1) is 14.9. The van der Waals surface area contributed by atoms with E-state index in [0.29, 0.717) is 25.3 Å². The third-order valence-corrected chi connectivity index (χ3v) is 2.51. The highest BCUT2D eigenvalue weighted by molar-refractivity contribution is 5.71. The van der Waals surface area contributed by atoms with E-state index in [0.717, 1.165) is 5.56 Å². The quantitative estimate of drug-likeness (QED) is 0.555. The maximum Gasteiger partial charge on any atom is 0.320 e. The third-order valence-electron chi connectivity index (χ3n) is 2.51. The number of benzene rings is 1. The summed E-state index contributed by atoms with van der Waals surface area (Å²) < 4.78 is 4.93. The Kier molecular flexibility index (Phi) is 6.34. The van der Waals surface area contributed by atoms with Crippen LogP contribution in [-0.2, 0) is 16.1 Å². The normalized spacial score (nSPS) is 9.95. The van der Waals surface area contributed by atoms with Crippen molar-refractivity contribution in [2.75, 3.05) is 19.7 Å².